The lowest BCUT2D eigenvalue weighted by atomic mass is 10.1. The van der Waals surface area contributed by atoms with Crippen molar-refractivity contribution in [3.8, 4) is 0 Å². The molecule has 0 bridgehead atoms. The molecule has 1 atom stereocenters. The molecule has 1 rings (SSSR count). The van der Waals surface area contributed by atoms with E-state index in [9.17, 15) is 0 Å². The van der Waals surface area contributed by atoms with Crippen LogP contribution in [0.1, 0.15) is 25.8 Å². The van der Waals surface area contributed by atoms with E-state index in [-0.39, 0.29) is 6.61 Å². The standard InChI is InChI=1S/C12H18ClNO/c1-4-9(2)14(3)12-6-5-10(8-15)7-11(12)13/h5-7,9,15H,4,8H2,1-3H3. The van der Waals surface area contributed by atoms with Gasteiger partial charge in [-0.25, -0.2) is 0 Å². The summed E-state index contributed by atoms with van der Waals surface area (Å²) in [5, 5.41) is 9.67. The smallest absolute Gasteiger partial charge is 0.0682 e. The van der Waals surface area contributed by atoms with Gasteiger partial charge in [-0.1, -0.05) is 24.6 Å². The second-order valence-corrected chi connectivity index (χ2v) is 4.22. The molecule has 0 spiro atoms. The summed E-state index contributed by atoms with van der Waals surface area (Å²) in [5.74, 6) is 0. The van der Waals surface area contributed by atoms with Crippen LogP contribution in [0.25, 0.3) is 0 Å². The van der Waals surface area contributed by atoms with Crippen molar-refractivity contribution in [2.24, 2.45) is 0 Å². The number of nitrogens with zero attached hydrogens (tertiary/aromatic N) is 1. The molecule has 2 nitrogen and oxygen atoms in total. The first-order chi connectivity index (χ1) is 7.10. The summed E-state index contributed by atoms with van der Waals surface area (Å²) in [7, 11) is 2.04. The van der Waals surface area contributed by atoms with Crippen molar-refractivity contribution in [3.63, 3.8) is 0 Å². The Morgan fingerprint density at radius 1 is 1.47 bits per heavy atom. The minimum Gasteiger partial charge on any atom is -0.392 e. The van der Waals surface area contributed by atoms with Gasteiger partial charge in [-0.2, -0.15) is 0 Å². The Labute approximate surface area is 96.5 Å². The fourth-order valence-corrected chi connectivity index (χ4v) is 1.78. The van der Waals surface area contributed by atoms with Crippen molar-refractivity contribution in [2.45, 2.75) is 32.9 Å². The number of rotatable bonds is 4. The molecule has 1 aromatic carbocycles. The molecule has 1 unspecified atom stereocenters. The number of aliphatic hydroxyl groups excluding tert-OH is 1. The van der Waals surface area contributed by atoms with Crippen LogP contribution in [0.4, 0.5) is 5.69 Å². The maximum absolute atomic E-state index is 8.97. The van der Waals surface area contributed by atoms with Crippen LogP contribution in [0.2, 0.25) is 5.02 Å². The zero-order valence-corrected chi connectivity index (χ0v) is 10.3. The molecule has 3 heteroatoms. The first kappa shape index (κ1) is 12.3. The highest BCUT2D eigenvalue weighted by atomic mass is 35.5. The highest BCUT2D eigenvalue weighted by Crippen LogP contribution is 2.27. The van der Waals surface area contributed by atoms with Gasteiger partial charge in [-0.05, 0) is 31.0 Å². The Morgan fingerprint density at radius 3 is 2.60 bits per heavy atom. The summed E-state index contributed by atoms with van der Waals surface area (Å²) in [6, 6.07) is 6.14. The molecular weight excluding hydrogens is 210 g/mol. The summed E-state index contributed by atoms with van der Waals surface area (Å²) in [4.78, 5) is 2.16. The molecule has 15 heavy (non-hydrogen) atoms. The first-order valence-electron chi connectivity index (χ1n) is 5.22. The second-order valence-electron chi connectivity index (χ2n) is 3.81. The van der Waals surface area contributed by atoms with Gasteiger partial charge in [0.15, 0.2) is 0 Å². The molecule has 1 N–H and O–H groups in total. The zero-order valence-electron chi connectivity index (χ0n) is 9.50. The van der Waals surface area contributed by atoms with E-state index in [0.29, 0.717) is 11.1 Å². The lowest BCUT2D eigenvalue weighted by Crippen LogP contribution is -2.28. The topological polar surface area (TPSA) is 23.5 Å². The van der Waals surface area contributed by atoms with Gasteiger partial charge in [0.05, 0.1) is 17.3 Å². The molecular formula is C12H18ClNO. The maximum atomic E-state index is 8.97. The third-order valence-electron chi connectivity index (χ3n) is 2.83. The van der Waals surface area contributed by atoms with Crippen LogP contribution in [0.5, 0.6) is 0 Å². The first-order valence-corrected chi connectivity index (χ1v) is 5.60. The van der Waals surface area contributed by atoms with Gasteiger partial charge in [0.2, 0.25) is 0 Å². The van der Waals surface area contributed by atoms with Crippen molar-refractivity contribution in [2.75, 3.05) is 11.9 Å². The number of benzene rings is 1. The van der Waals surface area contributed by atoms with Crippen LogP contribution in [0.15, 0.2) is 18.2 Å². The molecule has 0 aromatic heterocycles. The van der Waals surface area contributed by atoms with E-state index in [1.165, 1.54) is 0 Å². The Kier molecular flexibility index (Phi) is 4.43. The van der Waals surface area contributed by atoms with Gasteiger partial charge in [0, 0.05) is 13.1 Å². The SMILES string of the molecule is CCC(C)N(C)c1ccc(CO)cc1Cl. The fraction of sp³-hybridized carbons (Fsp3) is 0.500. The van der Waals surface area contributed by atoms with E-state index in [2.05, 4.69) is 18.7 Å². The van der Waals surface area contributed by atoms with Gasteiger partial charge in [-0.15, -0.1) is 0 Å². The van der Waals surface area contributed by atoms with Gasteiger partial charge in [0.25, 0.3) is 0 Å². The maximum Gasteiger partial charge on any atom is 0.0682 e. The molecule has 0 aliphatic heterocycles. The predicted molar refractivity (Wildman–Crippen MR) is 65.5 cm³/mol. The second kappa shape index (κ2) is 5.38. The molecule has 0 aliphatic carbocycles. The number of halogens is 1. The van der Waals surface area contributed by atoms with E-state index in [1.807, 2.05) is 25.2 Å². The van der Waals surface area contributed by atoms with Gasteiger partial charge < -0.3 is 10.0 Å². The molecule has 0 saturated carbocycles. The Hall–Kier alpha value is -0.730. The molecule has 84 valence electrons. The average molecular weight is 228 g/mol. The van der Waals surface area contributed by atoms with Crippen LogP contribution in [0.3, 0.4) is 0 Å². The average Bonchev–Trinajstić information content (AvgIpc) is 2.26. The van der Waals surface area contributed by atoms with E-state index >= 15 is 0 Å². The van der Waals surface area contributed by atoms with Crippen LogP contribution in [-0.4, -0.2) is 18.2 Å². The monoisotopic (exact) mass is 227 g/mol. The third kappa shape index (κ3) is 2.86. The van der Waals surface area contributed by atoms with E-state index in [0.717, 1.165) is 17.7 Å². The Balaban J connectivity index is 2.95. The van der Waals surface area contributed by atoms with Gasteiger partial charge in [-0.3, -0.25) is 0 Å². The van der Waals surface area contributed by atoms with Crippen LogP contribution < -0.4 is 4.90 Å². The van der Waals surface area contributed by atoms with Crippen LogP contribution >= 0.6 is 11.6 Å². The molecule has 0 aliphatic rings. The normalized spacial score (nSPS) is 12.6. The summed E-state index contributed by atoms with van der Waals surface area (Å²) < 4.78 is 0. The van der Waals surface area contributed by atoms with Crippen LogP contribution in [-0.2, 0) is 6.61 Å². The van der Waals surface area contributed by atoms with E-state index < -0.39 is 0 Å². The Bertz CT molecular complexity index is 327. The Morgan fingerprint density at radius 2 is 2.13 bits per heavy atom. The number of anilines is 1. The van der Waals surface area contributed by atoms with Crippen molar-refractivity contribution in [1.82, 2.24) is 0 Å². The number of aliphatic hydroxyl groups is 1. The molecule has 0 amide bonds. The zero-order chi connectivity index (χ0) is 11.4. The lowest BCUT2D eigenvalue weighted by Gasteiger charge is -2.27. The minimum absolute atomic E-state index is 0.0348. The molecule has 0 saturated heterocycles. The summed E-state index contributed by atoms with van der Waals surface area (Å²) in [5.41, 5.74) is 1.87. The van der Waals surface area contributed by atoms with Crippen molar-refractivity contribution < 1.29 is 5.11 Å². The largest absolute Gasteiger partial charge is 0.392 e. The fourth-order valence-electron chi connectivity index (χ4n) is 1.45. The highest BCUT2D eigenvalue weighted by molar-refractivity contribution is 6.33. The summed E-state index contributed by atoms with van der Waals surface area (Å²) in [6.07, 6.45) is 1.08. The lowest BCUT2D eigenvalue weighted by molar-refractivity contribution is 0.282. The number of hydrogen-bond donors (Lipinski definition) is 1. The summed E-state index contributed by atoms with van der Waals surface area (Å²) in [6.45, 7) is 4.35. The van der Waals surface area contributed by atoms with Crippen molar-refractivity contribution in [1.29, 1.82) is 0 Å². The molecule has 0 heterocycles. The molecule has 0 fully saturated rings. The van der Waals surface area contributed by atoms with Crippen molar-refractivity contribution in [3.05, 3.63) is 28.8 Å². The third-order valence-corrected chi connectivity index (χ3v) is 3.13. The molecule has 1 aromatic rings. The predicted octanol–water partition coefficient (Wildman–Crippen LogP) is 3.07. The van der Waals surface area contributed by atoms with Gasteiger partial charge in [0.1, 0.15) is 0 Å². The van der Waals surface area contributed by atoms with E-state index in [1.54, 1.807) is 0 Å². The quantitative estimate of drug-likeness (QED) is 0.855. The minimum atomic E-state index is 0.0348. The summed E-state index contributed by atoms with van der Waals surface area (Å²) >= 11 is 6.15. The van der Waals surface area contributed by atoms with E-state index in [4.69, 9.17) is 16.7 Å². The van der Waals surface area contributed by atoms with Crippen LogP contribution in [0, 0.1) is 0 Å². The number of hydrogen-bond acceptors (Lipinski definition) is 2. The van der Waals surface area contributed by atoms with Gasteiger partial charge >= 0.3 is 0 Å². The van der Waals surface area contributed by atoms with Crippen molar-refractivity contribution >= 4 is 17.3 Å². The highest BCUT2D eigenvalue weighted by Gasteiger charge is 2.11. The molecule has 0 radical (unpaired) electrons.